The van der Waals surface area contributed by atoms with Crippen LogP contribution in [-0.4, -0.2) is 18.5 Å². The lowest BCUT2D eigenvalue weighted by Gasteiger charge is -2.20. The summed E-state index contributed by atoms with van der Waals surface area (Å²) in [5.74, 6) is 0.764. The zero-order chi connectivity index (χ0) is 11.7. The number of benzene rings is 1. The Labute approximate surface area is 94.0 Å². The van der Waals surface area contributed by atoms with Gasteiger partial charge >= 0.3 is 0 Å². The molecule has 2 rings (SSSR count). The number of hydrogen-bond acceptors (Lipinski definition) is 4. The number of rotatable bonds is 4. The van der Waals surface area contributed by atoms with Crippen LogP contribution in [0, 0.1) is 16.0 Å². The van der Waals surface area contributed by atoms with Crippen LogP contribution in [0.3, 0.4) is 0 Å². The summed E-state index contributed by atoms with van der Waals surface area (Å²) in [6.45, 7) is 0.974. The van der Waals surface area contributed by atoms with Crippen molar-refractivity contribution in [2.24, 2.45) is 5.92 Å². The number of nitro benzene ring substituents is 1. The lowest BCUT2D eigenvalue weighted by Crippen LogP contribution is -2.21. The maximum atomic E-state index is 10.6. The average molecular weight is 221 g/mol. The van der Waals surface area contributed by atoms with Crippen molar-refractivity contribution in [3.63, 3.8) is 0 Å². The van der Waals surface area contributed by atoms with E-state index in [-0.39, 0.29) is 5.69 Å². The van der Waals surface area contributed by atoms with Gasteiger partial charge in [0, 0.05) is 25.7 Å². The molecule has 1 aliphatic rings. The molecule has 0 amide bonds. The number of nitrogens with two attached hydrogens (primary N) is 1. The lowest BCUT2D eigenvalue weighted by molar-refractivity contribution is -0.384. The molecular weight excluding hydrogens is 206 g/mol. The Morgan fingerprint density at radius 3 is 2.75 bits per heavy atom. The Morgan fingerprint density at radius 1 is 1.56 bits per heavy atom. The predicted octanol–water partition coefficient (Wildman–Crippen LogP) is 2.02. The summed E-state index contributed by atoms with van der Waals surface area (Å²) in [4.78, 5) is 12.2. The van der Waals surface area contributed by atoms with E-state index in [9.17, 15) is 10.1 Å². The molecule has 5 nitrogen and oxygen atoms in total. The second-order valence-corrected chi connectivity index (χ2v) is 4.32. The molecule has 0 aliphatic heterocycles. The molecule has 1 fully saturated rings. The van der Waals surface area contributed by atoms with E-state index in [4.69, 9.17) is 5.73 Å². The minimum absolute atomic E-state index is 0.0427. The molecule has 0 saturated heterocycles. The SMILES string of the molecule is CN(CC1CC1)c1ccc([N+](=O)[O-])cc1N. The first kappa shape index (κ1) is 10.7. The number of nitrogen functional groups attached to an aromatic ring is 1. The van der Waals surface area contributed by atoms with Crippen molar-refractivity contribution in [2.45, 2.75) is 12.8 Å². The summed E-state index contributed by atoms with van der Waals surface area (Å²) < 4.78 is 0. The van der Waals surface area contributed by atoms with E-state index in [0.29, 0.717) is 5.69 Å². The normalized spacial score (nSPS) is 14.8. The molecule has 1 aromatic carbocycles. The smallest absolute Gasteiger partial charge is 0.271 e. The largest absolute Gasteiger partial charge is 0.397 e. The van der Waals surface area contributed by atoms with Crippen LogP contribution in [0.5, 0.6) is 0 Å². The minimum Gasteiger partial charge on any atom is -0.397 e. The van der Waals surface area contributed by atoms with E-state index in [1.165, 1.54) is 25.0 Å². The summed E-state index contributed by atoms with van der Waals surface area (Å²) in [6.07, 6.45) is 2.55. The fourth-order valence-corrected chi connectivity index (χ4v) is 1.79. The third-order valence-electron chi connectivity index (χ3n) is 2.86. The first-order chi connectivity index (χ1) is 7.58. The van der Waals surface area contributed by atoms with Crippen molar-refractivity contribution in [3.05, 3.63) is 28.3 Å². The van der Waals surface area contributed by atoms with E-state index in [0.717, 1.165) is 18.2 Å². The van der Waals surface area contributed by atoms with E-state index in [1.807, 2.05) is 7.05 Å². The molecular formula is C11H15N3O2. The van der Waals surface area contributed by atoms with Crippen LogP contribution in [0.4, 0.5) is 17.1 Å². The molecule has 0 bridgehead atoms. The monoisotopic (exact) mass is 221 g/mol. The van der Waals surface area contributed by atoms with E-state index in [1.54, 1.807) is 6.07 Å². The maximum absolute atomic E-state index is 10.6. The summed E-state index contributed by atoms with van der Waals surface area (Å²) in [5, 5.41) is 10.6. The Kier molecular flexibility index (Phi) is 2.68. The Bertz CT molecular complexity index is 416. The van der Waals surface area contributed by atoms with Gasteiger partial charge in [0.2, 0.25) is 0 Å². The average Bonchev–Trinajstić information content (AvgIpc) is 3.01. The second-order valence-electron chi connectivity index (χ2n) is 4.32. The van der Waals surface area contributed by atoms with Gasteiger partial charge in [-0.25, -0.2) is 0 Å². The highest BCUT2D eigenvalue weighted by Crippen LogP contribution is 2.33. The van der Waals surface area contributed by atoms with Crippen LogP contribution in [0.2, 0.25) is 0 Å². The van der Waals surface area contributed by atoms with Crippen molar-refractivity contribution in [1.29, 1.82) is 0 Å². The van der Waals surface area contributed by atoms with Crippen LogP contribution in [-0.2, 0) is 0 Å². The van der Waals surface area contributed by atoms with Crippen molar-refractivity contribution >= 4 is 17.1 Å². The number of nitro groups is 1. The molecule has 0 atom stereocenters. The predicted molar refractivity (Wildman–Crippen MR) is 63.5 cm³/mol. The van der Waals surface area contributed by atoms with Gasteiger partial charge in [0.15, 0.2) is 0 Å². The standard InChI is InChI=1S/C11H15N3O2/c1-13(7-8-2-3-8)11-5-4-9(14(15)16)6-10(11)12/h4-6,8H,2-3,7,12H2,1H3. The van der Waals surface area contributed by atoms with Gasteiger partial charge in [0.25, 0.3) is 5.69 Å². The zero-order valence-electron chi connectivity index (χ0n) is 9.22. The molecule has 1 aliphatic carbocycles. The number of anilines is 2. The van der Waals surface area contributed by atoms with Gasteiger partial charge in [-0.2, -0.15) is 0 Å². The number of non-ortho nitro benzene ring substituents is 1. The Hall–Kier alpha value is -1.78. The van der Waals surface area contributed by atoms with Gasteiger partial charge in [-0.05, 0) is 24.8 Å². The summed E-state index contributed by atoms with van der Waals surface area (Å²) >= 11 is 0. The van der Waals surface area contributed by atoms with Crippen molar-refractivity contribution in [3.8, 4) is 0 Å². The highest BCUT2D eigenvalue weighted by molar-refractivity contribution is 5.70. The van der Waals surface area contributed by atoms with Gasteiger partial charge in [-0.3, -0.25) is 10.1 Å². The Morgan fingerprint density at radius 2 is 2.25 bits per heavy atom. The summed E-state index contributed by atoms with van der Waals surface area (Å²) in [6, 6.07) is 4.63. The van der Waals surface area contributed by atoms with Crippen LogP contribution in [0.1, 0.15) is 12.8 Å². The number of hydrogen-bond donors (Lipinski definition) is 1. The fraction of sp³-hybridized carbons (Fsp3) is 0.455. The number of nitrogens with zero attached hydrogens (tertiary/aromatic N) is 2. The molecule has 16 heavy (non-hydrogen) atoms. The zero-order valence-corrected chi connectivity index (χ0v) is 9.22. The Balaban J connectivity index is 2.17. The third kappa shape index (κ3) is 2.24. The van der Waals surface area contributed by atoms with Gasteiger partial charge in [-0.15, -0.1) is 0 Å². The van der Waals surface area contributed by atoms with Crippen molar-refractivity contribution < 1.29 is 4.92 Å². The van der Waals surface area contributed by atoms with E-state index in [2.05, 4.69) is 4.90 Å². The van der Waals surface area contributed by atoms with E-state index >= 15 is 0 Å². The van der Waals surface area contributed by atoms with Crippen LogP contribution in [0.15, 0.2) is 18.2 Å². The minimum atomic E-state index is -0.430. The van der Waals surface area contributed by atoms with Crippen LogP contribution in [0.25, 0.3) is 0 Å². The first-order valence-electron chi connectivity index (χ1n) is 5.33. The molecule has 1 saturated carbocycles. The lowest BCUT2D eigenvalue weighted by atomic mass is 10.2. The molecule has 86 valence electrons. The van der Waals surface area contributed by atoms with Gasteiger partial charge in [-0.1, -0.05) is 0 Å². The molecule has 0 unspecified atom stereocenters. The van der Waals surface area contributed by atoms with E-state index < -0.39 is 4.92 Å². The van der Waals surface area contributed by atoms with Crippen molar-refractivity contribution in [1.82, 2.24) is 0 Å². The summed E-state index contributed by atoms with van der Waals surface area (Å²) in [7, 11) is 1.97. The summed E-state index contributed by atoms with van der Waals surface area (Å²) in [5.41, 5.74) is 7.20. The van der Waals surface area contributed by atoms with Gasteiger partial charge in [0.05, 0.1) is 16.3 Å². The maximum Gasteiger partial charge on any atom is 0.271 e. The van der Waals surface area contributed by atoms with Crippen LogP contribution < -0.4 is 10.6 Å². The second kappa shape index (κ2) is 4.00. The molecule has 0 aromatic heterocycles. The first-order valence-corrected chi connectivity index (χ1v) is 5.33. The quantitative estimate of drug-likeness (QED) is 0.479. The molecule has 2 N–H and O–H groups in total. The molecule has 5 heteroatoms. The topological polar surface area (TPSA) is 72.4 Å². The van der Waals surface area contributed by atoms with Gasteiger partial charge in [0.1, 0.15) is 0 Å². The van der Waals surface area contributed by atoms with Crippen molar-refractivity contribution in [2.75, 3.05) is 24.2 Å². The van der Waals surface area contributed by atoms with Gasteiger partial charge < -0.3 is 10.6 Å². The highest BCUT2D eigenvalue weighted by atomic mass is 16.6. The molecule has 0 spiro atoms. The van der Waals surface area contributed by atoms with Crippen LogP contribution >= 0.6 is 0 Å². The third-order valence-corrected chi connectivity index (χ3v) is 2.86. The molecule has 1 aromatic rings. The fourth-order valence-electron chi connectivity index (χ4n) is 1.79. The highest BCUT2D eigenvalue weighted by Gasteiger charge is 2.23. The molecule has 0 radical (unpaired) electrons. The molecule has 0 heterocycles.